The number of carbonyl (C=O) groups excluding carboxylic acids is 1. The number of ketones is 1. The predicted octanol–water partition coefficient (Wildman–Crippen LogP) is 3.39. The summed E-state index contributed by atoms with van der Waals surface area (Å²) >= 11 is 0. The van der Waals surface area contributed by atoms with Gasteiger partial charge in [0.1, 0.15) is 11.9 Å². The van der Waals surface area contributed by atoms with Crippen molar-refractivity contribution in [3.05, 3.63) is 59.2 Å². The lowest BCUT2D eigenvalue weighted by Crippen LogP contribution is -2.06. The lowest BCUT2D eigenvalue weighted by atomic mass is 10.0. The molecule has 2 aromatic rings. The Hall–Kier alpha value is -2.41. The van der Waals surface area contributed by atoms with Gasteiger partial charge in [-0.05, 0) is 23.8 Å². The molecule has 0 fully saturated rings. The number of hydrogen-bond donors (Lipinski definition) is 0. The van der Waals surface area contributed by atoms with E-state index in [2.05, 4.69) is 0 Å². The Kier molecular flexibility index (Phi) is 3.99. The summed E-state index contributed by atoms with van der Waals surface area (Å²) in [6, 6.07) is 8.05. The van der Waals surface area contributed by atoms with Crippen molar-refractivity contribution in [2.24, 2.45) is 5.92 Å². The van der Waals surface area contributed by atoms with Gasteiger partial charge in [0.25, 0.3) is 0 Å². The molecule has 0 unspecified atom stereocenters. The molecule has 4 heteroatoms. The molecule has 0 atom stereocenters. The van der Waals surface area contributed by atoms with Gasteiger partial charge in [-0.3, -0.25) is 4.79 Å². The Bertz CT molecular complexity index is 680. The molecule has 0 amide bonds. The lowest BCUT2D eigenvalue weighted by molar-refractivity contribution is 0.0939. The molecular weight excluding hydrogens is 255 g/mol. The molecule has 3 nitrogen and oxygen atoms in total. The van der Waals surface area contributed by atoms with Crippen molar-refractivity contribution in [2.75, 3.05) is 0 Å². The number of rotatable bonds is 4. The van der Waals surface area contributed by atoms with E-state index < -0.39 is 5.82 Å². The highest BCUT2D eigenvalue weighted by Gasteiger charge is 2.11. The maximum atomic E-state index is 13.2. The molecule has 1 aromatic heterocycles. The standard InChI is InChI=1S/C16H15FN2O/c1-11(2)16(20)13-5-6-19(10-13)9-12-3-4-15(17)14(7-12)8-18/h3-7,10-11H,9H2,1-2H3. The van der Waals surface area contributed by atoms with Crippen molar-refractivity contribution in [3.63, 3.8) is 0 Å². The van der Waals surface area contributed by atoms with E-state index in [4.69, 9.17) is 5.26 Å². The molecule has 0 aliphatic rings. The molecule has 1 heterocycles. The molecule has 0 aliphatic heterocycles. The Morgan fingerprint density at radius 3 is 2.80 bits per heavy atom. The number of Topliss-reactive ketones (excluding diaryl/α,β-unsaturated/α-hetero) is 1. The first kappa shape index (κ1) is 14.0. The maximum Gasteiger partial charge on any atom is 0.166 e. The molecule has 20 heavy (non-hydrogen) atoms. The van der Waals surface area contributed by atoms with Crippen molar-refractivity contribution >= 4 is 5.78 Å². The van der Waals surface area contributed by atoms with Gasteiger partial charge in [-0.2, -0.15) is 5.26 Å². The number of benzene rings is 1. The second-order valence-corrected chi connectivity index (χ2v) is 5.02. The highest BCUT2D eigenvalue weighted by atomic mass is 19.1. The maximum absolute atomic E-state index is 13.2. The third-order valence-electron chi connectivity index (χ3n) is 3.08. The largest absolute Gasteiger partial charge is 0.349 e. The van der Waals surface area contributed by atoms with Gasteiger partial charge in [0.2, 0.25) is 0 Å². The minimum atomic E-state index is -0.514. The summed E-state index contributed by atoms with van der Waals surface area (Å²) in [4.78, 5) is 11.8. The molecule has 0 bridgehead atoms. The fraction of sp³-hybridized carbons (Fsp3) is 0.250. The number of halogens is 1. The van der Waals surface area contributed by atoms with E-state index in [9.17, 15) is 9.18 Å². The Balaban J connectivity index is 2.19. The van der Waals surface area contributed by atoms with Gasteiger partial charge in [0.15, 0.2) is 5.78 Å². The predicted molar refractivity (Wildman–Crippen MR) is 73.8 cm³/mol. The van der Waals surface area contributed by atoms with Crippen LogP contribution in [0.3, 0.4) is 0 Å². The summed E-state index contributed by atoms with van der Waals surface area (Å²) in [6.07, 6.45) is 3.59. The van der Waals surface area contributed by atoms with Gasteiger partial charge in [0, 0.05) is 30.4 Å². The number of hydrogen-bond acceptors (Lipinski definition) is 2. The molecule has 0 saturated carbocycles. The normalized spacial score (nSPS) is 10.6. The summed E-state index contributed by atoms with van der Waals surface area (Å²) in [5.74, 6) is -0.457. The van der Waals surface area contributed by atoms with E-state index in [1.54, 1.807) is 18.3 Å². The van der Waals surface area contributed by atoms with Gasteiger partial charge >= 0.3 is 0 Å². The summed E-state index contributed by atoms with van der Waals surface area (Å²) < 4.78 is 15.1. The van der Waals surface area contributed by atoms with E-state index in [0.717, 1.165) is 5.56 Å². The van der Waals surface area contributed by atoms with E-state index in [1.807, 2.05) is 30.7 Å². The average molecular weight is 270 g/mol. The first-order valence-corrected chi connectivity index (χ1v) is 6.39. The monoisotopic (exact) mass is 270 g/mol. The van der Waals surface area contributed by atoms with Crippen LogP contribution in [0, 0.1) is 23.1 Å². The number of carbonyl (C=O) groups is 1. The number of aromatic nitrogens is 1. The van der Waals surface area contributed by atoms with Crippen molar-refractivity contribution in [1.82, 2.24) is 4.57 Å². The number of nitriles is 1. The average Bonchev–Trinajstić information content (AvgIpc) is 2.88. The molecule has 0 saturated heterocycles. The van der Waals surface area contributed by atoms with Gasteiger partial charge in [0.05, 0.1) is 5.56 Å². The molecular formula is C16H15FN2O. The quantitative estimate of drug-likeness (QED) is 0.799. The van der Waals surface area contributed by atoms with E-state index in [0.29, 0.717) is 12.1 Å². The Labute approximate surface area is 117 Å². The van der Waals surface area contributed by atoms with E-state index in [-0.39, 0.29) is 17.3 Å². The molecule has 0 aliphatic carbocycles. The van der Waals surface area contributed by atoms with Crippen molar-refractivity contribution in [3.8, 4) is 6.07 Å². The lowest BCUT2D eigenvalue weighted by Gasteiger charge is -2.04. The van der Waals surface area contributed by atoms with Crippen LogP contribution in [0.5, 0.6) is 0 Å². The van der Waals surface area contributed by atoms with Gasteiger partial charge in [-0.1, -0.05) is 19.9 Å². The molecule has 0 N–H and O–H groups in total. The minimum absolute atomic E-state index is 0.0353. The Morgan fingerprint density at radius 1 is 1.40 bits per heavy atom. The van der Waals surface area contributed by atoms with Crippen LogP contribution in [0.1, 0.15) is 35.3 Å². The van der Waals surface area contributed by atoms with Crippen LogP contribution in [0.15, 0.2) is 36.7 Å². The molecule has 1 aromatic carbocycles. The summed E-state index contributed by atoms with van der Waals surface area (Å²) in [5.41, 5.74) is 1.53. The second-order valence-electron chi connectivity index (χ2n) is 5.02. The topological polar surface area (TPSA) is 45.8 Å². The summed E-state index contributed by atoms with van der Waals surface area (Å²) in [6.45, 7) is 4.22. The van der Waals surface area contributed by atoms with Crippen molar-refractivity contribution in [2.45, 2.75) is 20.4 Å². The third-order valence-corrected chi connectivity index (χ3v) is 3.08. The first-order valence-electron chi connectivity index (χ1n) is 6.39. The zero-order chi connectivity index (χ0) is 14.7. The van der Waals surface area contributed by atoms with E-state index >= 15 is 0 Å². The second kappa shape index (κ2) is 5.70. The van der Waals surface area contributed by atoms with Crippen LogP contribution in [-0.2, 0) is 6.54 Å². The molecule has 102 valence electrons. The number of nitrogens with zero attached hydrogens (tertiary/aromatic N) is 2. The van der Waals surface area contributed by atoms with E-state index in [1.165, 1.54) is 12.1 Å². The summed E-state index contributed by atoms with van der Waals surface area (Å²) in [7, 11) is 0. The van der Waals surface area contributed by atoms with Crippen LogP contribution >= 0.6 is 0 Å². The van der Waals surface area contributed by atoms with Gasteiger partial charge in [-0.25, -0.2) is 4.39 Å². The highest BCUT2D eigenvalue weighted by molar-refractivity contribution is 5.97. The fourth-order valence-corrected chi connectivity index (χ4v) is 1.99. The van der Waals surface area contributed by atoms with Gasteiger partial charge in [-0.15, -0.1) is 0 Å². The minimum Gasteiger partial charge on any atom is -0.349 e. The van der Waals surface area contributed by atoms with Crippen molar-refractivity contribution in [1.29, 1.82) is 5.26 Å². The SMILES string of the molecule is CC(C)C(=O)c1ccn(Cc2ccc(F)c(C#N)c2)c1. The van der Waals surface area contributed by atoms with Crippen molar-refractivity contribution < 1.29 is 9.18 Å². The van der Waals surface area contributed by atoms with Crippen LogP contribution in [0.2, 0.25) is 0 Å². The van der Waals surface area contributed by atoms with Crippen LogP contribution in [0.25, 0.3) is 0 Å². The Morgan fingerprint density at radius 2 is 2.15 bits per heavy atom. The van der Waals surface area contributed by atoms with Crippen LogP contribution in [-0.4, -0.2) is 10.4 Å². The van der Waals surface area contributed by atoms with Crippen LogP contribution in [0.4, 0.5) is 4.39 Å². The van der Waals surface area contributed by atoms with Crippen LogP contribution < -0.4 is 0 Å². The molecule has 0 spiro atoms. The third kappa shape index (κ3) is 2.94. The molecule has 0 radical (unpaired) electrons. The molecule has 2 rings (SSSR count). The zero-order valence-electron chi connectivity index (χ0n) is 11.4. The fourth-order valence-electron chi connectivity index (χ4n) is 1.99. The van der Waals surface area contributed by atoms with Gasteiger partial charge < -0.3 is 4.57 Å². The highest BCUT2D eigenvalue weighted by Crippen LogP contribution is 2.13. The first-order chi connectivity index (χ1) is 9.51. The smallest absolute Gasteiger partial charge is 0.166 e. The zero-order valence-corrected chi connectivity index (χ0v) is 11.4. The summed E-state index contributed by atoms with van der Waals surface area (Å²) in [5, 5.41) is 8.81.